The second kappa shape index (κ2) is 6.98. The molecule has 1 aliphatic carbocycles. The molecule has 1 unspecified atom stereocenters. The average Bonchev–Trinajstić information content (AvgIpc) is 2.70. The fourth-order valence-electron chi connectivity index (χ4n) is 2.98. The number of fused-ring (bicyclic) bond motifs is 1. The van der Waals surface area contributed by atoms with Crippen LogP contribution in [-0.2, 0) is 13.0 Å². The van der Waals surface area contributed by atoms with E-state index in [9.17, 15) is 0 Å². The van der Waals surface area contributed by atoms with Crippen LogP contribution in [-0.4, -0.2) is 4.57 Å². The molecular formula is C16H28N2. The number of hydrogen-bond donors (Lipinski definition) is 1. The molecule has 2 rings (SSSR count). The Labute approximate surface area is 112 Å². The van der Waals surface area contributed by atoms with Crippen molar-refractivity contribution in [3.63, 3.8) is 0 Å². The Morgan fingerprint density at radius 1 is 1.17 bits per heavy atom. The predicted molar refractivity (Wildman–Crippen MR) is 77.7 cm³/mol. The van der Waals surface area contributed by atoms with Crippen molar-refractivity contribution >= 4 is 0 Å². The molecule has 2 nitrogen and oxygen atoms in total. The Balaban J connectivity index is 1.85. The van der Waals surface area contributed by atoms with Crippen LogP contribution in [0.3, 0.4) is 0 Å². The van der Waals surface area contributed by atoms with Crippen molar-refractivity contribution in [1.82, 2.24) is 4.57 Å². The number of unbranched alkanes of at least 4 members (excludes halogenated alkanes) is 4. The minimum absolute atomic E-state index is 0.281. The molecule has 0 saturated heterocycles. The first-order valence-electron chi connectivity index (χ1n) is 7.75. The quantitative estimate of drug-likeness (QED) is 0.594. The molecule has 1 aromatic rings. The first kappa shape index (κ1) is 13.7. The third-order valence-electron chi connectivity index (χ3n) is 4.13. The van der Waals surface area contributed by atoms with Gasteiger partial charge in [0.05, 0.1) is 0 Å². The van der Waals surface area contributed by atoms with E-state index in [1.54, 1.807) is 0 Å². The van der Waals surface area contributed by atoms with Gasteiger partial charge in [0, 0.05) is 25.0 Å². The van der Waals surface area contributed by atoms with Crippen molar-refractivity contribution in [3.05, 3.63) is 23.5 Å². The maximum Gasteiger partial charge on any atom is 0.0312 e. The number of hydrogen-bond acceptors (Lipinski definition) is 1. The molecule has 1 aromatic heterocycles. The van der Waals surface area contributed by atoms with Crippen molar-refractivity contribution in [2.45, 2.75) is 77.3 Å². The predicted octanol–water partition coefficient (Wildman–Crippen LogP) is 4.18. The van der Waals surface area contributed by atoms with Gasteiger partial charge in [-0.2, -0.15) is 0 Å². The highest BCUT2D eigenvalue weighted by atomic mass is 14.9. The zero-order valence-corrected chi connectivity index (χ0v) is 11.8. The van der Waals surface area contributed by atoms with Gasteiger partial charge in [-0.3, -0.25) is 0 Å². The standard InChI is InChI=1S/C16H28N2/c1-2-3-4-5-8-11-18-12-14-9-6-7-10-16(17)15(14)13-18/h12-13,16H,2-11,17H2,1H3. The van der Waals surface area contributed by atoms with Crippen LogP contribution in [0.15, 0.2) is 12.4 Å². The topological polar surface area (TPSA) is 30.9 Å². The average molecular weight is 248 g/mol. The van der Waals surface area contributed by atoms with Gasteiger partial charge in [0.15, 0.2) is 0 Å². The van der Waals surface area contributed by atoms with Crippen LogP contribution >= 0.6 is 0 Å². The smallest absolute Gasteiger partial charge is 0.0312 e. The first-order valence-corrected chi connectivity index (χ1v) is 7.75. The Bertz CT molecular complexity index is 354. The summed E-state index contributed by atoms with van der Waals surface area (Å²) in [6.45, 7) is 3.44. The molecular weight excluding hydrogens is 220 g/mol. The molecule has 0 spiro atoms. The van der Waals surface area contributed by atoms with E-state index in [0.717, 1.165) is 6.42 Å². The first-order chi connectivity index (χ1) is 8.81. The number of aromatic nitrogens is 1. The number of nitrogens with zero attached hydrogens (tertiary/aromatic N) is 1. The summed E-state index contributed by atoms with van der Waals surface area (Å²) in [5.74, 6) is 0. The van der Waals surface area contributed by atoms with Gasteiger partial charge in [-0.05, 0) is 36.8 Å². The Morgan fingerprint density at radius 3 is 2.83 bits per heavy atom. The highest BCUT2D eigenvalue weighted by molar-refractivity contribution is 5.28. The third kappa shape index (κ3) is 3.61. The zero-order valence-electron chi connectivity index (χ0n) is 11.8. The second-order valence-electron chi connectivity index (χ2n) is 5.74. The molecule has 0 aliphatic heterocycles. The monoisotopic (exact) mass is 248 g/mol. The number of aryl methyl sites for hydroxylation is 2. The van der Waals surface area contributed by atoms with Gasteiger partial charge in [-0.25, -0.2) is 0 Å². The Morgan fingerprint density at radius 2 is 2.00 bits per heavy atom. The fourth-order valence-corrected chi connectivity index (χ4v) is 2.98. The summed E-state index contributed by atoms with van der Waals surface area (Å²) >= 11 is 0. The molecule has 102 valence electrons. The van der Waals surface area contributed by atoms with Crippen molar-refractivity contribution in [2.24, 2.45) is 5.73 Å². The molecule has 1 aliphatic rings. The largest absolute Gasteiger partial charge is 0.354 e. The Kier molecular flexibility index (Phi) is 5.30. The molecule has 2 heteroatoms. The lowest BCUT2D eigenvalue weighted by Gasteiger charge is -2.07. The van der Waals surface area contributed by atoms with Crippen LogP contribution in [0.2, 0.25) is 0 Å². The summed E-state index contributed by atoms with van der Waals surface area (Å²) in [7, 11) is 0. The molecule has 2 N–H and O–H groups in total. The summed E-state index contributed by atoms with van der Waals surface area (Å²) in [4.78, 5) is 0. The van der Waals surface area contributed by atoms with E-state index in [1.165, 1.54) is 69.0 Å². The molecule has 18 heavy (non-hydrogen) atoms. The highest BCUT2D eigenvalue weighted by Crippen LogP contribution is 2.27. The summed E-state index contributed by atoms with van der Waals surface area (Å²) in [6.07, 6.45) is 16.4. The van der Waals surface area contributed by atoms with Crippen LogP contribution in [0.1, 0.15) is 75.5 Å². The lowest BCUT2D eigenvalue weighted by atomic mass is 10.1. The summed E-state index contributed by atoms with van der Waals surface area (Å²) in [5.41, 5.74) is 9.17. The van der Waals surface area contributed by atoms with Gasteiger partial charge in [-0.1, -0.05) is 39.0 Å². The van der Waals surface area contributed by atoms with Crippen molar-refractivity contribution in [1.29, 1.82) is 0 Å². The summed E-state index contributed by atoms with van der Waals surface area (Å²) < 4.78 is 2.38. The van der Waals surface area contributed by atoms with E-state index < -0.39 is 0 Å². The molecule has 0 amide bonds. The molecule has 1 heterocycles. The minimum Gasteiger partial charge on any atom is -0.354 e. The molecule has 0 radical (unpaired) electrons. The third-order valence-corrected chi connectivity index (χ3v) is 4.13. The van der Waals surface area contributed by atoms with E-state index in [0.29, 0.717) is 0 Å². The maximum atomic E-state index is 6.24. The van der Waals surface area contributed by atoms with Crippen LogP contribution in [0.4, 0.5) is 0 Å². The molecule has 0 saturated carbocycles. The highest BCUT2D eigenvalue weighted by Gasteiger charge is 2.16. The molecule has 0 aromatic carbocycles. The second-order valence-corrected chi connectivity index (χ2v) is 5.74. The number of rotatable bonds is 6. The summed E-state index contributed by atoms with van der Waals surface area (Å²) in [5, 5.41) is 0. The van der Waals surface area contributed by atoms with E-state index >= 15 is 0 Å². The van der Waals surface area contributed by atoms with Gasteiger partial charge in [0.1, 0.15) is 0 Å². The maximum absolute atomic E-state index is 6.24. The lowest BCUT2D eigenvalue weighted by molar-refractivity contribution is 0.563. The van der Waals surface area contributed by atoms with E-state index in [-0.39, 0.29) is 6.04 Å². The zero-order chi connectivity index (χ0) is 12.8. The van der Waals surface area contributed by atoms with E-state index in [2.05, 4.69) is 23.9 Å². The SMILES string of the molecule is CCCCCCCn1cc2c(c1)C(N)CCCC2. The molecule has 1 atom stereocenters. The normalized spacial score (nSPS) is 19.6. The fraction of sp³-hybridized carbons (Fsp3) is 0.750. The van der Waals surface area contributed by atoms with Crippen molar-refractivity contribution < 1.29 is 0 Å². The van der Waals surface area contributed by atoms with Gasteiger partial charge in [0.2, 0.25) is 0 Å². The Hall–Kier alpha value is -0.760. The van der Waals surface area contributed by atoms with Crippen LogP contribution < -0.4 is 5.73 Å². The van der Waals surface area contributed by atoms with Crippen LogP contribution in [0.5, 0.6) is 0 Å². The summed E-state index contributed by atoms with van der Waals surface area (Å²) in [6, 6.07) is 0.281. The lowest BCUT2D eigenvalue weighted by Crippen LogP contribution is -2.09. The minimum atomic E-state index is 0.281. The number of nitrogens with two attached hydrogens (primary N) is 1. The molecule has 0 bridgehead atoms. The van der Waals surface area contributed by atoms with Crippen LogP contribution in [0, 0.1) is 0 Å². The van der Waals surface area contributed by atoms with E-state index in [4.69, 9.17) is 5.73 Å². The van der Waals surface area contributed by atoms with E-state index in [1.807, 2.05) is 0 Å². The van der Waals surface area contributed by atoms with Gasteiger partial charge in [-0.15, -0.1) is 0 Å². The van der Waals surface area contributed by atoms with Crippen molar-refractivity contribution in [2.75, 3.05) is 0 Å². The van der Waals surface area contributed by atoms with Gasteiger partial charge in [0.25, 0.3) is 0 Å². The van der Waals surface area contributed by atoms with Crippen molar-refractivity contribution in [3.8, 4) is 0 Å². The van der Waals surface area contributed by atoms with Crippen LogP contribution in [0.25, 0.3) is 0 Å². The van der Waals surface area contributed by atoms with Gasteiger partial charge >= 0.3 is 0 Å². The van der Waals surface area contributed by atoms with Gasteiger partial charge < -0.3 is 10.3 Å². The molecule has 0 fully saturated rings.